The molecule has 2 heterocycles. The molecule has 3 aromatic carbocycles. The number of rotatable bonds is 11. The molecular weight excluding hydrogens is 560 g/mol. The van der Waals surface area contributed by atoms with Crippen LogP contribution in [0.25, 0.3) is 0 Å². The van der Waals surface area contributed by atoms with Gasteiger partial charge in [0.05, 0.1) is 21.3 Å². The zero-order valence-electron chi connectivity index (χ0n) is 23.9. The lowest BCUT2D eigenvalue weighted by atomic mass is 9.64. The second kappa shape index (κ2) is 11.6. The maximum Gasteiger partial charge on any atom is 0.341 e. The highest BCUT2D eigenvalue weighted by molar-refractivity contribution is 5.89. The van der Waals surface area contributed by atoms with Crippen molar-refractivity contribution >= 4 is 11.9 Å². The first-order valence-corrected chi connectivity index (χ1v) is 13.1. The Labute approximate surface area is 247 Å². The summed E-state index contributed by atoms with van der Waals surface area (Å²) in [4.78, 5) is 24.4. The number of aliphatic hydroxyl groups is 1. The number of aliphatic carboxylic acids is 1. The van der Waals surface area contributed by atoms with Gasteiger partial charge in [-0.2, -0.15) is 0 Å². The SMILES string of the molecule is COc1ccc(C2(O)OC(=O)C=C2C(C2=COCO2)(c2ccc(C)cc2)c2cc(OC)c(OCC(=O)O)c(OC)c2)cc1. The number of carboxylic acid groups (broad SMARTS) is 1. The molecule has 2 atom stereocenters. The molecule has 2 N–H and O–H groups in total. The van der Waals surface area contributed by atoms with Crippen LogP contribution < -0.4 is 18.9 Å². The molecule has 0 saturated heterocycles. The van der Waals surface area contributed by atoms with Crippen molar-refractivity contribution in [1.82, 2.24) is 0 Å². The van der Waals surface area contributed by atoms with Crippen molar-refractivity contribution in [3.05, 3.63) is 107 Å². The van der Waals surface area contributed by atoms with Gasteiger partial charge >= 0.3 is 11.9 Å². The summed E-state index contributed by atoms with van der Waals surface area (Å²) in [6, 6.07) is 17.1. The Kier molecular flexibility index (Phi) is 7.92. The molecule has 2 aliphatic rings. The van der Waals surface area contributed by atoms with Crippen LogP contribution in [0.5, 0.6) is 23.0 Å². The molecule has 43 heavy (non-hydrogen) atoms. The molecule has 0 aliphatic carbocycles. The Balaban J connectivity index is 1.86. The first-order chi connectivity index (χ1) is 20.7. The van der Waals surface area contributed by atoms with Crippen molar-refractivity contribution in [3.8, 4) is 23.0 Å². The topological polar surface area (TPSA) is 139 Å². The maximum atomic E-state index is 13.1. The second-order valence-electron chi connectivity index (χ2n) is 9.77. The van der Waals surface area contributed by atoms with Crippen molar-refractivity contribution in [3.63, 3.8) is 0 Å². The van der Waals surface area contributed by atoms with Crippen LogP contribution in [0.1, 0.15) is 22.3 Å². The molecule has 0 saturated carbocycles. The minimum absolute atomic E-state index is 0.0460. The monoisotopic (exact) mass is 590 g/mol. The number of cyclic esters (lactones) is 1. The van der Waals surface area contributed by atoms with E-state index in [2.05, 4.69) is 0 Å². The third kappa shape index (κ3) is 5.08. The zero-order valence-corrected chi connectivity index (χ0v) is 23.9. The van der Waals surface area contributed by atoms with Crippen LogP contribution in [0.15, 0.2) is 84.3 Å². The van der Waals surface area contributed by atoms with E-state index in [1.807, 2.05) is 31.2 Å². The lowest BCUT2D eigenvalue weighted by molar-refractivity contribution is -0.187. The van der Waals surface area contributed by atoms with Gasteiger partial charge in [0, 0.05) is 17.2 Å². The zero-order chi connectivity index (χ0) is 30.8. The molecule has 224 valence electrons. The Hall–Kier alpha value is -5.16. The molecule has 5 rings (SSSR count). The van der Waals surface area contributed by atoms with E-state index in [-0.39, 0.29) is 40.9 Å². The van der Waals surface area contributed by atoms with E-state index >= 15 is 0 Å². The number of ether oxygens (including phenoxy) is 7. The fraction of sp³-hybridized carbons (Fsp3) is 0.250. The summed E-state index contributed by atoms with van der Waals surface area (Å²) in [6.07, 6.45) is 2.63. The first kappa shape index (κ1) is 29.3. The summed E-state index contributed by atoms with van der Waals surface area (Å²) < 4.78 is 39.3. The average Bonchev–Trinajstić information content (AvgIpc) is 3.66. The number of esters is 1. The Morgan fingerprint density at radius 3 is 2.14 bits per heavy atom. The van der Waals surface area contributed by atoms with Crippen LogP contribution in [0.2, 0.25) is 0 Å². The van der Waals surface area contributed by atoms with Crippen molar-refractivity contribution in [1.29, 1.82) is 0 Å². The van der Waals surface area contributed by atoms with E-state index < -0.39 is 29.7 Å². The molecule has 0 fully saturated rings. The van der Waals surface area contributed by atoms with Gasteiger partial charge in [-0.05, 0) is 54.4 Å². The van der Waals surface area contributed by atoms with Gasteiger partial charge in [0.25, 0.3) is 5.79 Å². The van der Waals surface area contributed by atoms with Gasteiger partial charge in [0.15, 0.2) is 23.9 Å². The van der Waals surface area contributed by atoms with Gasteiger partial charge in [-0.1, -0.05) is 29.8 Å². The highest BCUT2D eigenvalue weighted by Gasteiger charge is 2.58. The Morgan fingerprint density at radius 1 is 0.953 bits per heavy atom. The third-order valence-corrected chi connectivity index (χ3v) is 7.32. The van der Waals surface area contributed by atoms with Crippen LogP contribution in [-0.2, 0) is 35.0 Å². The smallest absolute Gasteiger partial charge is 0.341 e. The summed E-state index contributed by atoms with van der Waals surface area (Å²) in [5, 5.41) is 21.6. The van der Waals surface area contributed by atoms with Crippen LogP contribution in [-0.4, -0.2) is 56.9 Å². The molecule has 0 aromatic heterocycles. The molecule has 2 unspecified atom stereocenters. The summed E-state index contributed by atoms with van der Waals surface area (Å²) >= 11 is 0. The number of hydrogen-bond donors (Lipinski definition) is 2. The minimum Gasteiger partial charge on any atom is -0.497 e. The number of methoxy groups -OCH3 is 3. The quantitative estimate of drug-likeness (QED) is 0.314. The average molecular weight is 591 g/mol. The fourth-order valence-corrected chi connectivity index (χ4v) is 5.35. The molecule has 0 amide bonds. The van der Waals surface area contributed by atoms with E-state index in [0.717, 1.165) is 5.56 Å². The van der Waals surface area contributed by atoms with Crippen LogP contribution in [0, 0.1) is 6.92 Å². The predicted molar refractivity (Wildman–Crippen MR) is 151 cm³/mol. The highest BCUT2D eigenvalue weighted by atomic mass is 16.7. The maximum absolute atomic E-state index is 13.1. The van der Waals surface area contributed by atoms with Gasteiger partial charge in [-0.25, -0.2) is 9.59 Å². The van der Waals surface area contributed by atoms with Crippen molar-refractivity contribution in [2.45, 2.75) is 18.1 Å². The number of hydrogen-bond acceptors (Lipinski definition) is 10. The third-order valence-electron chi connectivity index (χ3n) is 7.32. The van der Waals surface area contributed by atoms with Crippen molar-refractivity contribution < 1.29 is 53.0 Å². The second-order valence-corrected chi connectivity index (χ2v) is 9.77. The van der Waals surface area contributed by atoms with Crippen LogP contribution in [0.4, 0.5) is 0 Å². The fourth-order valence-electron chi connectivity index (χ4n) is 5.35. The van der Waals surface area contributed by atoms with Gasteiger partial charge in [0.1, 0.15) is 17.4 Å². The van der Waals surface area contributed by atoms with Crippen molar-refractivity contribution in [2.24, 2.45) is 0 Å². The molecule has 0 radical (unpaired) electrons. The lowest BCUT2D eigenvalue weighted by Gasteiger charge is -2.41. The largest absolute Gasteiger partial charge is 0.497 e. The predicted octanol–water partition coefficient (Wildman–Crippen LogP) is 3.94. The number of carbonyl (C=O) groups is 2. The normalized spacial score (nSPS) is 18.8. The first-order valence-electron chi connectivity index (χ1n) is 13.1. The molecule has 0 bridgehead atoms. The molecule has 0 spiro atoms. The number of carboxylic acids is 1. The van der Waals surface area contributed by atoms with E-state index in [0.29, 0.717) is 16.9 Å². The molecule has 11 nitrogen and oxygen atoms in total. The molecule has 11 heteroatoms. The standard InChI is InChI=1S/C32H30O11/c1-19-5-7-20(8-6-19)31(27-16-40-18-42-27,22-13-24(38-3)30(25(14-22)39-4)41-17-28(33)34)26-15-29(35)43-32(26,36)21-9-11-23(37-2)12-10-21/h5-16,36H,17-18H2,1-4H3,(H,33,34). The van der Waals surface area contributed by atoms with E-state index in [4.69, 9.17) is 33.2 Å². The number of carbonyl (C=O) groups excluding carboxylic acids is 1. The van der Waals surface area contributed by atoms with Crippen LogP contribution in [0.3, 0.4) is 0 Å². The van der Waals surface area contributed by atoms with Gasteiger partial charge in [0.2, 0.25) is 12.5 Å². The van der Waals surface area contributed by atoms with Crippen molar-refractivity contribution in [2.75, 3.05) is 34.7 Å². The van der Waals surface area contributed by atoms with Gasteiger partial charge in [-0.15, -0.1) is 0 Å². The Bertz CT molecular complexity index is 1570. The van der Waals surface area contributed by atoms with E-state index in [1.54, 1.807) is 36.4 Å². The van der Waals surface area contributed by atoms with Gasteiger partial charge in [-0.3, -0.25) is 0 Å². The summed E-state index contributed by atoms with van der Waals surface area (Å²) in [5.74, 6) is -3.19. The summed E-state index contributed by atoms with van der Waals surface area (Å²) in [7, 11) is 4.30. The number of aryl methyl sites for hydroxylation is 1. The van der Waals surface area contributed by atoms with E-state index in [9.17, 15) is 19.8 Å². The molecule has 2 aliphatic heterocycles. The minimum atomic E-state index is -2.28. The lowest BCUT2D eigenvalue weighted by Crippen LogP contribution is -2.43. The van der Waals surface area contributed by atoms with Gasteiger partial charge < -0.3 is 43.4 Å². The molecular formula is C32H30O11. The summed E-state index contributed by atoms with van der Waals surface area (Å²) in [6.45, 7) is 1.15. The summed E-state index contributed by atoms with van der Waals surface area (Å²) in [5.41, 5.74) is 0.717. The molecule has 3 aromatic rings. The van der Waals surface area contributed by atoms with E-state index in [1.165, 1.54) is 33.7 Å². The Morgan fingerprint density at radius 2 is 1.60 bits per heavy atom. The number of allylic oxidation sites excluding steroid dienone is 1. The number of benzene rings is 3. The van der Waals surface area contributed by atoms with Crippen LogP contribution >= 0.6 is 0 Å². The highest BCUT2D eigenvalue weighted by Crippen LogP contribution is 2.57.